The monoisotopic (exact) mass is 397 g/mol. The summed E-state index contributed by atoms with van der Waals surface area (Å²) in [6.07, 6.45) is 12.9. The molecular formula is C25H35NOS. The summed E-state index contributed by atoms with van der Waals surface area (Å²) in [5, 5.41) is 10.3. The lowest BCUT2D eigenvalue weighted by Gasteiger charge is -2.59. The van der Waals surface area contributed by atoms with Crippen molar-refractivity contribution in [3.63, 3.8) is 0 Å². The summed E-state index contributed by atoms with van der Waals surface area (Å²) < 4.78 is 0. The van der Waals surface area contributed by atoms with Gasteiger partial charge in [-0.25, -0.2) is 0 Å². The van der Waals surface area contributed by atoms with Crippen molar-refractivity contribution in [1.82, 2.24) is 4.98 Å². The largest absolute Gasteiger partial charge is 0.393 e. The van der Waals surface area contributed by atoms with Crippen molar-refractivity contribution in [2.75, 3.05) is 0 Å². The molecule has 0 saturated heterocycles. The van der Waals surface area contributed by atoms with Crippen molar-refractivity contribution in [3.05, 3.63) is 33.8 Å². The number of aliphatic hydroxyl groups excluding tert-OH is 1. The molecule has 1 aromatic heterocycles. The predicted molar refractivity (Wildman–Crippen MR) is 117 cm³/mol. The van der Waals surface area contributed by atoms with Gasteiger partial charge in [0.25, 0.3) is 0 Å². The summed E-state index contributed by atoms with van der Waals surface area (Å²) in [6.45, 7) is 9.87. The highest BCUT2D eigenvalue weighted by Gasteiger charge is 2.59. The predicted octanol–water partition coefficient (Wildman–Crippen LogP) is 6.49. The molecule has 0 unspecified atom stereocenters. The SMILES string of the molecule is CC[C@H]1C=C2C[C@@H](O)CC[C@]2(C)[C@H]2CC[C@]3(C)C(c4cncs4)=C(C)C[C@H]3[C@H]12. The second-order valence-corrected chi connectivity index (χ2v) is 11.4. The third-order valence-electron chi connectivity index (χ3n) is 9.31. The van der Waals surface area contributed by atoms with E-state index in [9.17, 15) is 5.11 Å². The van der Waals surface area contributed by atoms with Crippen LogP contribution in [0.15, 0.2) is 28.9 Å². The van der Waals surface area contributed by atoms with E-state index < -0.39 is 0 Å². The molecule has 4 aliphatic rings. The second kappa shape index (κ2) is 6.54. The van der Waals surface area contributed by atoms with Crippen molar-refractivity contribution in [2.45, 2.75) is 78.7 Å². The van der Waals surface area contributed by atoms with Gasteiger partial charge in [-0.05, 0) is 91.9 Å². The number of aliphatic hydroxyl groups is 1. The van der Waals surface area contributed by atoms with Gasteiger partial charge in [-0.15, -0.1) is 11.3 Å². The number of thiazole rings is 1. The summed E-state index contributed by atoms with van der Waals surface area (Å²) in [4.78, 5) is 5.82. The summed E-state index contributed by atoms with van der Waals surface area (Å²) in [5.74, 6) is 3.01. The Morgan fingerprint density at radius 2 is 1.93 bits per heavy atom. The van der Waals surface area contributed by atoms with Gasteiger partial charge in [-0.1, -0.05) is 38.0 Å². The lowest BCUT2D eigenvalue weighted by molar-refractivity contribution is -0.0467. The van der Waals surface area contributed by atoms with E-state index in [1.807, 2.05) is 16.8 Å². The van der Waals surface area contributed by atoms with Crippen molar-refractivity contribution >= 4 is 16.9 Å². The maximum atomic E-state index is 10.3. The topological polar surface area (TPSA) is 33.1 Å². The Kier molecular flexibility index (Phi) is 4.45. The van der Waals surface area contributed by atoms with E-state index in [1.54, 1.807) is 16.7 Å². The number of nitrogens with zero attached hydrogens (tertiary/aromatic N) is 1. The van der Waals surface area contributed by atoms with Crippen LogP contribution in [0.5, 0.6) is 0 Å². The molecule has 2 saturated carbocycles. The Balaban J connectivity index is 1.57. The third kappa shape index (κ3) is 2.51. The van der Waals surface area contributed by atoms with Crippen molar-refractivity contribution < 1.29 is 5.11 Å². The minimum Gasteiger partial charge on any atom is -0.393 e. The van der Waals surface area contributed by atoms with Crippen LogP contribution in [-0.4, -0.2) is 16.2 Å². The van der Waals surface area contributed by atoms with Gasteiger partial charge in [0, 0.05) is 6.20 Å². The summed E-state index contributed by atoms with van der Waals surface area (Å²) >= 11 is 1.82. The molecule has 0 bridgehead atoms. The minimum atomic E-state index is -0.115. The van der Waals surface area contributed by atoms with Crippen LogP contribution in [0.2, 0.25) is 0 Å². The Labute approximate surface area is 174 Å². The summed E-state index contributed by atoms with van der Waals surface area (Å²) in [7, 11) is 0. The molecule has 28 heavy (non-hydrogen) atoms. The van der Waals surface area contributed by atoms with Crippen LogP contribution in [0.4, 0.5) is 0 Å². The molecule has 0 aromatic carbocycles. The van der Waals surface area contributed by atoms with Gasteiger partial charge >= 0.3 is 0 Å². The number of fused-ring (bicyclic) bond motifs is 5. The summed E-state index contributed by atoms with van der Waals surface area (Å²) in [6, 6.07) is 0. The first kappa shape index (κ1) is 19.1. The molecule has 5 rings (SSSR count). The molecule has 7 atom stereocenters. The molecule has 0 radical (unpaired) electrons. The van der Waals surface area contributed by atoms with E-state index in [-0.39, 0.29) is 6.10 Å². The van der Waals surface area contributed by atoms with Crippen molar-refractivity contribution in [3.8, 4) is 0 Å². The van der Waals surface area contributed by atoms with Gasteiger partial charge in [0.2, 0.25) is 0 Å². The van der Waals surface area contributed by atoms with Crippen LogP contribution in [0.25, 0.3) is 5.57 Å². The fraction of sp³-hybridized carbons (Fsp3) is 0.720. The maximum absolute atomic E-state index is 10.3. The maximum Gasteiger partial charge on any atom is 0.0797 e. The van der Waals surface area contributed by atoms with Crippen LogP contribution in [0.3, 0.4) is 0 Å². The molecule has 1 aromatic rings. The number of aromatic nitrogens is 1. The Bertz CT molecular complexity index is 824. The standard InChI is InChI=1S/C25H35NOS/c1-5-16-11-17-12-18(27)6-8-24(17,3)19-7-9-25(4)20(22(16)19)10-15(2)23(25)21-13-26-14-28-21/h11,13-14,16,18-20,22,27H,5-10,12H2,1-4H3/t16-,18-,19-,20-,22+,24-,25-/m0/s1. The molecule has 4 aliphatic carbocycles. The van der Waals surface area contributed by atoms with Crippen molar-refractivity contribution in [1.29, 1.82) is 0 Å². The Hall–Kier alpha value is -0.930. The molecule has 152 valence electrons. The third-order valence-corrected chi connectivity index (χ3v) is 10.1. The highest BCUT2D eigenvalue weighted by molar-refractivity contribution is 7.10. The number of hydrogen-bond donors (Lipinski definition) is 1. The Morgan fingerprint density at radius 1 is 1.14 bits per heavy atom. The first-order valence-electron chi connectivity index (χ1n) is 11.4. The van der Waals surface area contributed by atoms with Crippen LogP contribution in [0, 0.1) is 34.5 Å². The van der Waals surface area contributed by atoms with Crippen LogP contribution in [0.1, 0.15) is 77.5 Å². The van der Waals surface area contributed by atoms with Crippen LogP contribution >= 0.6 is 11.3 Å². The van der Waals surface area contributed by atoms with Gasteiger partial charge in [-0.2, -0.15) is 0 Å². The van der Waals surface area contributed by atoms with E-state index in [1.165, 1.54) is 37.0 Å². The average molecular weight is 398 g/mol. The van der Waals surface area contributed by atoms with E-state index in [0.717, 1.165) is 30.6 Å². The van der Waals surface area contributed by atoms with Gasteiger partial charge in [0.1, 0.15) is 0 Å². The number of rotatable bonds is 2. The highest BCUT2D eigenvalue weighted by Crippen LogP contribution is 2.68. The molecule has 0 spiro atoms. The van der Waals surface area contributed by atoms with Gasteiger partial charge < -0.3 is 5.11 Å². The van der Waals surface area contributed by atoms with Crippen LogP contribution < -0.4 is 0 Å². The molecular weight excluding hydrogens is 362 g/mol. The van der Waals surface area contributed by atoms with Gasteiger partial charge in [0.15, 0.2) is 0 Å². The van der Waals surface area contributed by atoms with Crippen LogP contribution in [-0.2, 0) is 0 Å². The first-order chi connectivity index (χ1) is 13.4. The Morgan fingerprint density at radius 3 is 2.64 bits per heavy atom. The van der Waals surface area contributed by atoms with E-state index >= 15 is 0 Å². The zero-order chi connectivity index (χ0) is 19.7. The quantitative estimate of drug-likeness (QED) is 0.579. The molecule has 2 nitrogen and oxygen atoms in total. The first-order valence-corrected chi connectivity index (χ1v) is 12.2. The zero-order valence-electron chi connectivity index (χ0n) is 17.9. The number of allylic oxidation sites excluding steroid dienone is 3. The molecule has 0 amide bonds. The van der Waals surface area contributed by atoms with E-state index in [4.69, 9.17) is 0 Å². The molecule has 1 heterocycles. The lowest BCUT2D eigenvalue weighted by Crippen LogP contribution is -2.52. The molecule has 3 heteroatoms. The second-order valence-electron chi connectivity index (χ2n) is 10.5. The smallest absolute Gasteiger partial charge is 0.0797 e. The highest BCUT2D eigenvalue weighted by atomic mass is 32.1. The fourth-order valence-corrected chi connectivity index (χ4v) is 8.84. The van der Waals surface area contributed by atoms with E-state index in [2.05, 4.69) is 45.0 Å². The molecule has 2 fully saturated rings. The number of hydrogen-bond acceptors (Lipinski definition) is 3. The average Bonchev–Trinajstić information content (AvgIpc) is 3.26. The lowest BCUT2D eigenvalue weighted by atomic mass is 9.45. The fourth-order valence-electron chi connectivity index (χ4n) is 7.96. The zero-order valence-corrected chi connectivity index (χ0v) is 18.7. The van der Waals surface area contributed by atoms with E-state index in [0.29, 0.717) is 16.7 Å². The van der Waals surface area contributed by atoms with Gasteiger partial charge in [-0.3, -0.25) is 4.98 Å². The normalized spacial score (nSPS) is 45.3. The minimum absolute atomic E-state index is 0.115. The van der Waals surface area contributed by atoms with Gasteiger partial charge in [0.05, 0.1) is 16.5 Å². The summed E-state index contributed by atoms with van der Waals surface area (Å²) in [5.41, 5.74) is 7.46. The van der Waals surface area contributed by atoms with Crippen molar-refractivity contribution in [2.24, 2.45) is 34.5 Å². The molecule has 0 aliphatic heterocycles. The molecule has 1 N–H and O–H groups in total.